The molecule has 0 saturated heterocycles. The number of carbonyl (C=O) groups excluding carboxylic acids is 1. The van der Waals surface area contributed by atoms with Crippen molar-refractivity contribution in [2.75, 3.05) is 5.32 Å². The summed E-state index contributed by atoms with van der Waals surface area (Å²) in [7, 11) is 0. The van der Waals surface area contributed by atoms with E-state index in [4.69, 9.17) is 9.97 Å². The predicted octanol–water partition coefficient (Wildman–Crippen LogP) is 9.09. The van der Waals surface area contributed by atoms with E-state index in [2.05, 4.69) is 94.5 Å². The quantitative estimate of drug-likeness (QED) is 0.185. The number of allylic oxidation sites excluding steroid dienone is 2. The van der Waals surface area contributed by atoms with E-state index in [-0.39, 0.29) is 0 Å². The summed E-state index contributed by atoms with van der Waals surface area (Å²) in [4.78, 5) is 26.7. The Balaban J connectivity index is 2.17. The third-order valence-corrected chi connectivity index (χ3v) is 9.25. The van der Waals surface area contributed by atoms with Gasteiger partial charge in [-0.2, -0.15) is 0 Å². The first-order valence-corrected chi connectivity index (χ1v) is 16.4. The number of aromatic nitrogens is 4. The number of anilines is 1. The lowest BCUT2D eigenvalue weighted by Gasteiger charge is -2.12. The van der Waals surface area contributed by atoms with Crippen molar-refractivity contribution in [2.24, 2.45) is 0 Å². The molecule has 0 aliphatic carbocycles. The Labute approximate surface area is 256 Å². The van der Waals surface area contributed by atoms with Crippen molar-refractivity contribution in [3.63, 3.8) is 0 Å². The lowest BCUT2D eigenvalue weighted by Crippen LogP contribution is -2.04. The zero-order valence-electron chi connectivity index (χ0n) is 27.3. The predicted molar refractivity (Wildman–Crippen MR) is 183 cm³/mol. The summed E-state index contributed by atoms with van der Waals surface area (Å²) in [6, 6.07) is 4.43. The second-order valence-corrected chi connectivity index (χ2v) is 11.2. The van der Waals surface area contributed by atoms with Crippen LogP contribution in [0, 0.1) is 0 Å². The molecule has 0 spiro atoms. The number of H-pyrrole nitrogens is 1. The molecule has 0 atom stereocenters. The lowest BCUT2D eigenvalue weighted by atomic mass is 9.95. The van der Waals surface area contributed by atoms with Crippen molar-refractivity contribution < 1.29 is 4.79 Å². The number of hydrogen-bond donors (Lipinski definition) is 2. The van der Waals surface area contributed by atoms with Crippen LogP contribution in [0.25, 0.3) is 45.4 Å². The van der Waals surface area contributed by atoms with Crippen LogP contribution >= 0.6 is 0 Å². The minimum atomic E-state index is 0.767. The number of hydrogen-bond acceptors (Lipinski definition) is 3. The Bertz CT molecular complexity index is 1800. The average Bonchev–Trinajstić information content (AvgIpc) is 3.77. The molecule has 1 amide bonds. The maximum absolute atomic E-state index is 12.3. The third-order valence-electron chi connectivity index (χ3n) is 9.25. The lowest BCUT2D eigenvalue weighted by molar-refractivity contribution is -0.105. The molecule has 0 saturated carbocycles. The monoisotopic (exact) mass is 577 g/mol. The van der Waals surface area contributed by atoms with Crippen molar-refractivity contribution in [3.05, 3.63) is 62.7 Å². The topological polar surface area (TPSA) is 75.6 Å². The van der Waals surface area contributed by atoms with Crippen molar-refractivity contribution in [1.29, 1.82) is 0 Å². The fourth-order valence-electron chi connectivity index (χ4n) is 7.44. The molecule has 0 unspecified atom stereocenters. The van der Waals surface area contributed by atoms with Crippen molar-refractivity contribution in [1.82, 2.24) is 19.5 Å². The first-order chi connectivity index (χ1) is 20.9. The van der Waals surface area contributed by atoms with E-state index in [1.165, 1.54) is 44.5 Å². The van der Waals surface area contributed by atoms with Crippen LogP contribution in [0.1, 0.15) is 119 Å². The molecular weight excluding hydrogens is 530 g/mol. The van der Waals surface area contributed by atoms with E-state index in [1.807, 2.05) is 0 Å². The van der Waals surface area contributed by atoms with E-state index < -0.39 is 0 Å². The molecule has 6 nitrogen and oxygen atoms in total. The van der Waals surface area contributed by atoms with E-state index in [9.17, 15) is 4.79 Å². The normalized spacial score (nSPS) is 12.8. The molecule has 3 aromatic heterocycles. The van der Waals surface area contributed by atoms with Crippen LogP contribution < -0.4 is 5.32 Å². The summed E-state index contributed by atoms with van der Waals surface area (Å²) < 4.78 is 2.36. The molecule has 0 fully saturated rings. The van der Waals surface area contributed by atoms with Gasteiger partial charge in [0.2, 0.25) is 6.41 Å². The largest absolute Gasteiger partial charge is 0.355 e. The fraction of sp³-hybridized carbons (Fsp3) is 0.432. The number of carbonyl (C=O) groups is 1. The van der Waals surface area contributed by atoms with Crippen LogP contribution in [-0.4, -0.2) is 25.9 Å². The summed E-state index contributed by atoms with van der Waals surface area (Å²) in [6.07, 6.45) is 11.2. The minimum Gasteiger partial charge on any atom is -0.355 e. The maximum Gasteiger partial charge on any atom is 0.211 e. The number of fused-ring (bicyclic) bond motifs is 8. The highest BCUT2D eigenvalue weighted by Crippen LogP contribution is 2.43. The van der Waals surface area contributed by atoms with Gasteiger partial charge in [-0.05, 0) is 110 Å². The summed E-state index contributed by atoms with van der Waals surface area (Å²) in [5.41, 5.74) is 18.2. The zero-order chi connectivity index (χ0) is 30.8. The molecule has 6 heteroatoms. The fourth-order valence-corrected chi connectivity index (χ4v) is 7.44. The first kappa shape index (κ1) is 30.5. The molecule has 5 rings (SSSR count). The highest BCUT2D eigenvalue weighted by molar-refractivity contribution is 6.03. The molecule has 2 aliphatic rings. The van der Waals surface area contributed by atoms with Gasteiger partial charge in [0.1, 0.15) is 0 Å². The van der Waals surface area contributed by atoms with E-state index in [0.29, 0.717) is 0 Å². The van der Waals surface area contributed by atoms with Crippen molar-refractivity contribution >= 4 is 57.5 Å². The molecule has 0 radical (unpaired) electrons. The summed E-state index contributed by atoms with van der Waals surface area (Å²) in [6.45, 7) is 18.5. The molecule has 3 aromatic rings. The first-order valence-electron chi connectivity index (χ1n) is 16.4. The number of nitrogens with zero attached hydrogens (tertiary/aromatic N) is 3. The summed E-state index contributed by atoms with van der Waals surface area (Å²) in [5.74, 6) is 0. The molecule has 2 aliphatic heterocycles. The third kappa shape index (κ3) is 4.95. The molecule has 5 heterocycles. The maximum atomic E-state index is 12.3. The van der Waals surface area contributed by atoms with Crippen molar-refractivity contribution in [2.45, 2.75) is 107 Å². The van der Waals surface area contributed by atoms with Crippen molar-refractivity contribution in [3.8, 4) is 0 Å². The van der Waals surface area contributed by atoms with Crippen LogP contribution in [0.4, 0.5) is 5.69 Å². The second kappa shape index (κ2) is 12.7. The summed E-state index contributed by atoms with van der Waals surface area (Å²) in [5, 5.41) is 3.18. The van der Waals surface area contributed by atoms with Gasteiger partial charge in [-0.15, -0.1) is 0 Å². The highest BCUT2D eigenvalue weighted by atomic mass is 16.1. The molecule has 2 N–H and O–H groups in total. The van der Waals surface area contributed by atoms with Gasteiger partial charge in [0.15, 0.2) is 0 Å². The van der Waals surface area contributed by atoms with Gasteiger partial charge in [-0.1, -0.05) is 48.5 Å². The van der Waals surface area contributed by atoms with Gasteiger partial charge in [0.05, 0.1) is 34.0 Å². The van der Waals surface area contributed by atoms with Gasteiger partial charge < -0.3 is 14.9 Å². The Kier molecular flexibility index (Phi) is 9.05. The number of rotatable bonds is 10. The standard InChI is InChI=1S/C37H47N5O/c1-9-24-26(11-3)33-30(15-7)34-27(12-4)28(13-5)35(41-34)36(38-21-43)37-29(14-6)25(10-2)32(42(37)16-8)20-23-18-17-22(39-23)19-31(24)40-33/h17-21,40H,9-16H2,1-8H3,(H,38,43). The van der Waals surface area contributed by atoms with Gasteiger partial charge in [0.25, 0.3) is 0 Å². The molecule has 43 heavy (non-hydrogen) atoms. The zero-order valence-corrected chi connectivity index (χ0v) is 27.3. The Morgan fingerprint density at radius 1 is 0.698 bits per heavy atom. The Morgan fingerprint density at radius 3 is 1.86 bits per heavy atom. The molecular formula is C37H47N5O. The van der Waals surface area contributed by atoms with Gasteiger partial charge in [-0.25, -0.2) is 9.97 Å². The Morgan fingerprint density at radius 2 is 1.30 bits per heavy atom. The van der Waals surface area contributed by atoms with Gasteiger partial charge in [0, 0.05) is 28.7 Å². The van der Waals surface area contributed by atoms with E-state index >= 15 is 0 Å². The van der Waals surface area contributed by atoms with E-state index in [1.54, 1.807) is 0 Å². The second-order valence-electron chi connectivity index (χ2n) is 11.2. The van der Waals surface area contributed by atoms with Crippen LogP contribution in [0.15, 0.2) is 12.1 Å². The van der Waals surface area contributed by atoms with E-state index in [0.717, 1.165) is 103 Å². The molecule has 8 bridgehead atoms. The highest BCUT2D eigenvalue weighted by Gasteiger charge is 2.27. The summed E-state index contributed by atoms with van der Waals surface area (Å²) >= 11 is 0. The van der Waals surface area contributed by atoms with Crippen LogP contribution in [0.3, 0.4) is 0 Å². The number of nitrogens with one attached hydrogen (secondary N) is 2. The number of aryl methyl sites for hydroxylation is 6. The number of amides is 1. The number of aromatic amines is 1. The van der Waals surface area contributed by atoms with Crippen LogP contribution in [0.2, 0.25) is 0 Å². The smallest absolute Gasteiger partial charge is 0.211 e. The van der Waals surface area contributed by atoms with Crippen LogP contribution in [0.5, 0.6) is 0 Å². The average molecular weight is 578 g/mol. The van der Waals surface area contributed by atoms with Gasteiger partial charge in [-0.3, -0.25) is 4.79 Å². The molecule has 226 valence electrons. The van der Waals surface area contributed by atoms with Gasteiger partial charge >= 0.3 is 0 Å². The SMILES string of the molecule is CCC1=C(CC)c2nc1c(CC)c1[nH]c(cc3nc(cc4c(CC)c(CC)c(c2NC=O)n4CC)C=C3)c(CC)c1CC. The Hall–Kier alpha value is -3.93. The molecule has 0 aromatic carbocycles. The van der Waals surface area contributed by atoms with Crippen LogP contribution in [-0.2, 0) is 43.4 Å². The minimum absolute atomic E-state index is 0.767.